The molecule has 3 N–H and O–H groups in total. The smallest absolute Gasteiger partial charge is 0.201 e. The highest BCUT2D eigenvalue weighted by atomic mass is 16.4. The van der Waals surface area contributed by atoms with Gasteiger partial charge in [-0.1, -0.05) is 11.6 Å². The van der Waals surface area contributed by atoms with Crippen LogP contribution in [0.3, 0.4) is 0 Å². The molecule has 1 saturated carbocycles. The number of nitrogens with one attached hydrogen (secondary N) is 1. The van der Waals surface area contributed by atoms with Crippen molar-refractivity contribution in [1.29, 1.82) is 0 Å². The maximum Gasteiger partial charge on any atom is 0.201 e. The van der Waals surface area contributed by atoms with Crippen LogP contribution in [0.15, 0.2) is 18.2 Å². The van der Waals surface area contributed by atoms with Crippen LogP contribution >= 0.6 is 0 Å². The number of aliphatic hydroxyl groups is 2. The SMILES string of the molecule is Cc1ccc2c(c1)C(=O)C1(O)CCCCC1(O)N2. The molecule has 0 aromatic heterocycles. The van der Waals surface area contributed by atoms with Crippen molar-refractivity contribution in [3.05, 3.63) is 29.3 Å². The molecule has 96 valence electrons. The Balaban J connectivity index is 2.17. The van der Waals surface area contributed by atoms with Gasteiger partial charge >= 0.3 is 0 Å². The number of rotatable bonds is 0. The van der Waals surface area contributed by atoms with Crippen molar-refractivity contribution in [3.8, 4) is 0 Å². The molecule has 1 aromatic carbocycles. The Hall–Kier alpha value is -1.39. The summed E-state index contributed by atoms with van der Waals surface area (Å²) in [6, 6.07) is 5.43. The molecule has 4 heteroatoms. The molecule has 18 heavy (non-hydrogen) atoms. The monoisotopic (exact) mass is 247 g/mol. The van der Waals surface area contributed by atoms with Crippen LogP contribution in [0.2, 0.25) is 0 Å². The van der Waals surface area contributed by atoms with Crippen LogP contribution in [0.5, 0.6) is 0 Å². The summed E-state index contributed by atoms with van der Waals surface area (Å²) in [5.74, 6) is -0.359. The highest BCUT2D eigenvalue weighted by Crippen LogP contribution is 2.45. The molecule has 1 heterocycles. The highest BCUT2D eigenvalue weighted by Gasteiger charge is 2.59. The molecular weight excluding hydrogens is 230 g/mol. The number of carbonyl (C=O) groups is 1. The summed E-state index contributed by atoms with van der Waals surface area (Å²) < 4.78 is 0. The van der Waals surface area contributed by atoms with E-state index in [-0.39, 0.29) is 5.78 Å². The molecule has 0 saturated heterocycles. The van der Waals surface area contributed by atoms with Crippen molar-refractivity contribution in [1.82, 2.24) is 0 Å². The highest BCUT2D eigenvalue weighted by molar-refractivity contribution is 6.09. The van der Waals surface area contributed by atoms with Crippen molar-refractivity contribution < 1.29 is 15.0 Å². The Labute approximate surface area is 106 Å². The molecule has 2 unspecified atom stereocenters. The number of hydrogen-bond donors (Lipinski definition) is 3. The van der Waals surface area contributed by atoms with E-state index in [9.17, 15) is 15.0 Å². The Kier molecular flexibility index (Phi) is 2.31. The van der Waals surface area contributed by atoms with Crippen molar-refractivity contribution in [2.45, 2.75) is 43.9 Å². The van der Waals surface area contributed by atoms with Crippen molar-refractivity contribution in [2.24, 2.45) is 0 Å². The molecule has 3 rings (SSSR count). The van der Waals surface area contributed by atoms with E-state index in [0.717, 1.165) is 18.4 Å². The van der Waals surface area contributed by atoms with E-state index in [1.165, 1.54) is 0 Å². The third kappa shape index (κ3) is 1.36. The summed E-state index contributed by atoms with van der Waals surface area (Å²) >= 11 is 0. The minimum atomic E-state index is -1.69. The summed E-state index contributed by atoms with van der Waals surface area (Å²) in [4.78, 5) is 12.5. The van der Waals surface area contributed by atoms with E-state index in [0.29, 0.717) is 24.1 Å². The van der Waals surface area contributed by atoms with Crippen LogP contribution in [-0.4, -0.2) is 27.3 Å². The fourth-order valence-corrected chi connectivity index (χ4v) is 3.04. The first-order chi connectivity index (χ1) is 8.46. The van der Waals surface area contributed by atoms with Crippen LogP contribution < -0.4 is 5.32 Å². The third-order valence-electron chi connectivity index (χ3n) is 4.15. The number of benzene rings is 1. The Bertz CT molecular complexity index is 528. The van der Waals surface area contributed by atoms with Crippen LogP contribution in [0.4, 0.5) is 5.69 Å². The second-order valence-electron chi connectivity index (χ2n) is 5.43. The third-order valence-corrected chi connectivity index (χ3v) is 4.15. The lowest BCUT2D eigenvalue weighted by Gasteiger charge is -2.49. The first-order valence-corrected chi connectivity index (χ1v) is 6.35. The standard InChI is InChI=1S/C14H17NO3/c1-9-4-5-11-10(8-9)12(16)13(17)6-2-3-7-14(13,18)15-11/h4-5,8,15,17-18H,2-3,6-7H2,1H3. The van der Waals surface area contributed by atoms with Crippen LogP contribution in [0.1, 0.15) is 41.6 Å². The van der Waals surface area contributed by atoms with Crippen LogP contribution in [-0.2, 0) is 0 Å². The number of Topliss-reactive ketones (excluding diaryl/α,β-unsaturated/α-hetero) is 1. The molecule has 0 amide bonds. The van der Waals surface area contributed by atoms with Crippen molar-refractivity contribution >= 4 is 11.5 Å². The molecule has 4 nitrogen and oxygen atoms in total. The van der Waals surface area contributed by atoms with Gasteiger partial charge < -0.3 is 15.5 Å². The summed E-state index contributed by atoms with van der Waals surface area (Å²) in [6.45, 7) is 1.90. The molecule has 0 bridgehead atoms. The van der Waals surface area contributed by atoms with Gasteiger partial charge in [0.2, 0.25) is 5.78 Å². The molecule has 0 spiro atoms. The largest absolute Gasteiger partial charge is 0.377 e. The molecule has 2 atom stereocenters. The van der Waals surface area contributed by atoms with E-state index in [4.69, 9.17) is 0 Å². The molecule has 1 aliphatic heterocycles. The maximum atomic E-state index is 12.5. The van der Waals surface area contributed by atoms with Gasteiger partial charge in [-0.15, -0.1) is 0 Å². The Morgan fingerprint density at radius 2 is 1.94 bits per heavy atom. The number of anilines is 1. The second-order valence-corrected chi connectivity index (χ2v) is 5.43. The van der Waals surface area contributed by atoms with Crippen LogP contribution in [0.25, 0.3) is 0 Å². The van der Waals surface area contributed by atoms with Gasteiger partial charge in [0.15, 0.2) is 11.3 Å². The number of fused-ring (bicyclic) bond motifs is 2. The quantitative estimate of drug-likeness (QED) is 0.651. The summed E-state index contributed by atoms with van der Waals surface area (Å²) in [5, 5.41) is 24.1. The predicted molar refractivity (Wildman–Crippen MR) is 67.5 cm³/mol. The van der Waals surface area contributed by atoms with Gasteiger partial charge in [-0.05, 0) is 44.7 Å². The first kappa shape index (κ1) is 11.7. The summed E-state index contributed by atoms with van der Waals surface area (Å²) in [6.07, 6.45) is 2.26. The molecule has 2 aliphatic rings. The van der Waals surface area contributed by atoms with Gasteiger partial charge in [0.1, 0.15) is 0 Å². The van der Waals surface area contributed by atoms with Crippen molar-refractivity contribution in [2.75, 3.05) is 5.32 Å². The van der Waals surface area contributed by atoms with E-state index in [1.807, 2.05) is 13.0 Å². The van der Waals surface area contributed by atoms with Gasteiger partial charge in [-0.2, -0.15) is 0 Å². The Morgan fingerprint density at radius 1 is 1.22 bits per heavy atom. The predicted octanol–water partition coefficient (Wildman–Crippen LogP) is 1.60. The zero-order chi connectivity index (χ0) is 13.0. The van der Waals surface area contributed by atoms with Crippen molar-refractivity contribution in [3.63, 3.8) is 0 Å². The molecule has 0 radical (unpaired) electrons. The van der Waals surface area contributed by atoms with Gasteiger partial charge in [-0.25, -0.2) is 0 Å². The average Bonchev–Trinajstić information content (AvgIpc) is 2.33. The zero-order valence-electron chi connectivity index (χ0n) is 10.4. The van der Waals surface area contributed by atoms with Gasteiger partial charge in [0.25, 0.3) is 0 Å². The fourth-order valence-electron chi connectivity index (χ4n) is 3.04. The first-order valence-electron chi connectivity index (χ1n) is 6.35. The lowest BCUT2D eigenvalue weighted by atomic mass is 9.70. The maximum absolute atomic E-state index is 12.5. The van der Waals surface area contributed by atoms with Crippen LogP contribution in [0, 0.1) is 6.92 Å². The summed E-state index contributed by atoms with van der Waals surface area (Å²) in [7, 11) is 0. The fraction of sp³-hybridized carbons (Fsp3) is 0.500. The van der Waals surface area contributed by atoms with E-state index < -0.39 is 11.3 Å². The van der Waals surface area contributed by atoms with E-state index >= 15 is 0 Å². The van der Waals surface area contributed by atoms with E-state index in [2.05, 4.69) is 5.32 Å². The minimum absolute atomic E-state index is 0.308. The summed E-state index contributed by atoms with van der Waals surface area (Å²) in [5.41, 5.74) is -1.16. The molecule has 1 aromatic rings. The molecule has 1 aliphatic carbocycles. The minimum Gasteiger partial charge on any atom is -0.377 e. The molecular formula is C14H17NO3. The average molecular weight is 247 g/mol. The lowest BCUT2D eigenvalue weighted by molar-refractivity contribution is -0.133. The van der Waals surface area contributed by atoms with Gasteiger partial charge in [-0.3, -0.25) is 4.79 Å². The van der Waals surface area contributed by atoms with Gasteiger partial charge in [0, 0.05) is 11.3 Å². The van der Waals surface area contributed by atoms with Gasteiger partial charge in [0.05, 0.1) is 0 Å². The zero-order valence-corrected chi connectivity index (χ0v) is 10.4. The Morgan fingerprint density at radius 3 is 2.72 bits per heavy atom. The number of carbonyl (C=O) groups excluding carboxylic acids is 1. The topological polar surface area (TPSA) is 69.6 Å². The number of ketones is 1. The lowest BCUT2D eigenvalue weighted by Crippen LogP contribution is -2.67. The van der Waals surface area contributed by atoms with E-state index in [1.54, 1.807) is 12.1 Å². The molecule has 1 fully saturated rings. The number of aryl methyl sites for hydroxylation is 1. The second kappa shape index (κ2) is 3.56. The normalized spacial score (nSPS) is 34.5. The number of hydrogen-bond acceptors (Lipinski definition) is 4.